The average molecular weight is 393 g/mol. The molecule has 1 aromatic rings. The van der Waals surface area contributed by atoms with Crippen molar-refractivity contribution >= 4 is 51.7 Å². The van der Waals surface area contributed by atoms with Crippen LogP contribution in [0.25, 0.3) is 0 Å². The maximum Gasteiger partial charge on any atom is 0.247 e. The molecule has 4 nitrogen and oxygen atoms in total. The van der Waals surface area contributed by atoms with Crippen LogP contribution >= 0.6 is 34.2 Å². The maximum absolute atomic E-state index is 12.2. The van der Waals surface area contributed by atoms with Crippen LogP contribution in [0.2, 0.25) is 5.02 Å². The summed E-state index contributed by atoms with van der Waals surface area (Å²) in [4.78, 5) is 25.8. The predicted molar refractivity (Wildman–Crippen MR) is 83.3 cm³/mol. The lowest BCUT2D eigenvalue weighted by molar-refractivity contribution is -0.131. The molecule has 6 heteroatoms. The summed E-state index contributed by atoms with van der Waals surface area (Å²) in [6.07, 6.45) is 0. The van der Waals surface area contributed by atoms with Crippen molar-refractivity contribution < 1.29 is 9.59 Å². The lowest BCUT2D eigenvalue weighted by atomic mass is 9.98. The standard InChI is InChI=1S/C13H14ClIN2O2/c1-7(2)12-13(19)16-6-11(18)17(12)10-4-3-8(14)5-9(10)15/h3-5,7,12H,6H2,1-2H3,(H,16,19). The van der Waals surface area contributed by atoms with Crippen molar-refractivity contribution in [1.29, 1.82) is 0 Å². The van der Waals surface area contributed by atoms with Gasteiger partial charge in [-0.25, -0.2) is 0 Å². The molecule has 0 radical (unpaired) electrons. The third-order valence-corrected chi connectivity index (χ3v) is 4.13. The van der Waals surface area contributed by atoms with Crippen molar-refractivity contribution in [1.82, 2.24) is 5.32 Å². The molecule has 19 heavy (non-hydrogen) atoms. The van der Waals surface area contributed by atoms with Gasteiger partial charge < -0.3 is 5.32 Å². The van der Waals surface area contributed by atoms with E-state index in [1.54, 1.807) is 23.1 Å². The largest absolute Gasteiger partial charge is 0.345 e. The molecule has 1 atom stereocenters. The fourth-order valence-corrected chi connectivity index (χ4v) is 3.32. The highest BCUT2D eigenvalue weighted by Gasteiger charge is 2.38. The number of nitrogens with zero attached hydrogens (tertiary/aromatic N) is 1. The van der Waals surface area contributed by atoms with Gasteiger partial charge in [0.15, 0.2) is 0 Å². The summed E-state index contributed by atoms with van der Waals surface area (Å²) in [7, 11) is 0. The highest BCUT2D eigenvalue weighted by atomic mass is 127. The van der Waals surface area contributed by atoms with Gasteiger partial charge in [-0.3, -0.25) is 14.5 Å². The first-order chi connectivity index (χ1) is 8.91. The van der Waals surface area contributed by atoms with E-state index in [1.807, 2.05) is 13.8 Å². The first-order valence-corrected chi connectivity index (χ1v) is 7.42. The number of hydrogen-bond donors (Lipinski definition) is 1. The molecular formula is C13H14ClIN2O2. The summed E-state index contributed by atoms with van der Waals surface area (Å²) in [5.74, 6) is -0.172. The van der Waals surface area contributed by atoms with Crippen LogP contribution in [-0.2, 0) is 9.59 Å². The second-order valence-electron chi connectivity index (χ2n) is 4.77. The minimum absolute atomic E-state index is 0.0377. The molecule has 2 rings (SSSR count). The zero-order valence-corrected chi connectivity index (χ0v) is 13.5. The Balaban J connectivity index is 2.48. The first kappa shape index (κ1) is 14.6. The van der Waals surface area contributed by atoms with Gasteiger partial charge in [-0.1, -0.05) is 25.4 Å². The molecule has 1 saturated heterocycles. The zero-order valence-electron chi connectivity index (χ0n) is 10.6. The van der Waals surface area contributed by atoms with Crippen LogP contribution in [0.5, 0.6) is 0 Å². The second-order valence-corrected chi connectivity index (χ2v) is 6.36. The van der Waals surface area contributed by atoms with Gasteiger partial charge in [0.1, 0.15) is 6.04 Å². The number of carbonyl (C=O) groups excluding carboxylic acids is 2. The van der Waals surface area contributed by atoms with Gasteiger partial charge >= 0.3 is 0 Å². The van der Waals surface area contributed by atoms with E-state index in [0.29, 0.717) is 5.02 Å². The molecule has 0 saturated carbocycles. The van der Waals surface area contributed by atoms with Gasteiger partial charge in [0, 0.05) is 8.59 Å². The Bertz CT molecular complexity index is 533. The summed E-state index contributed by atoms with van der Waals surface area (Å²) in [6.45, 7) is 3.90. The predicted octanol–water partition coefficient (Wildman–Crippen LogP) is 2.43. The number of anilines is 1. The van der Waals surface area contributed by atoms with Crippen LogP contribution in [0.4, 0.5) is 5.69 Å². The van der Waals surface area contributed by atoms with E-state index in [9.17, 15) is 9.59 Å². The minimum Gasteiger partial charge on any atom is -0.345 e. The van der Waals surface area contributed by atoms with Crippen molar-refractivity contribution in [3.8, 4) is 0 Å². The van der Waals surface area contributed by atoms with E-state index in [2.05, 4.69) is 27.9 Å². The molecule has 1 heterocycles. The van der Waals surface area contributed by atoms with E-state index < -0.39 is 6.04 Å². The minimum atomic E-state index is -0.476. The quantitative estimate of drug-likeness (QED) is 0.786. The molecule has 1 aliphatic heterocycles. The molecule has 0 spiro atoms. The van der Waals surface area contributed by atoms with E-state index in [-0.39, 0.29) is 24.3 Å². The van der Waals surface area contributed by atoms with Crippen LogP contribution in [-0.4, -0.2) is 24.4 Å². The Labute approximate surface area is 130 Å². The highest BCUT2D eigenvalue weighted by Crippen LogP contribution is 2.30. The van der Waals surface area contributed by atoms with E-state index in [0.717, 1.165) is 9.26 Å². The molecule has 1 aromatic carbocycles. The Morgan fingerprint density at radius 3 is 2.68 bits per heavy atom. The number of amides is 2. The lowest BCUT2D eigenvalue weighted by Crippen LogP contribution is -2.60. The Kier molecular flexibility index (Phi) is 4.35. The van der Waals surface area contributed by atoms with Crippen molar-refractivity contribution in [2.75, 3.05) is 11.4 Å². The average Bonchev–Trinajstić information content (AvgIpc) is 2.32. The van der Waals surface area contributed by atoms with Crippen LogP contribution in [0, 0.1) is 9.49 Å². The molecule has 2 amide bonds. The topological polar surface area (TPSA) is 49.4 Å². The Morgan fingerprint density at radius 2 is 2.11 bits per heavy atom. The summed E-state index contributed by atoms with van der Waals surface area (Å²) < 4.78 is 0.860. The molecule has 0 aromatic heterocycles. The van der Waals surface area contributed by atoms with Crippen molar-refractivity contribution in [3.63, 3.8) is 0 Å². The van der Waals surface area contributed by atoms with E-state index in [4.69, 9.17) is 11.6 Å². The SMILES string of the molecule is CC(C)C1C(=O)NCC(=O)N1c1ccc(Cl)cc1I. The van der Waals surface area contributed by atoms with Crippen molar-refractivity contribution in [2.24, 2.45) is 5.92 Å². The van der Waals surface area contributed by atoms with Gasteiger partial charge in [-0.2, -0.15) is 0 Å². The maximum atomic E-state index is 12.2. The Hall–Kier alpha value is -0.820. The Morgan fingerprint density at radius 1 is 1.42 bits per heavy atom. The molecule has 1 fully saturated rings. The van der Waals surface area contributed by atoms with Crippen molar-refractivity contribution in [2.45, 2.75) is 19.9 Å². The number of benzene rings is 1. The van der Waals surface area contributed by atoms with Crippen LogP contribution in [0.3, 0.4) is 0 Å². The lowest BCUT2D eigenvalue weighted by Gasteiger charge is -2.37. The monoisotopic (exact) mass is 392 g/mol. The third kappa shape index (κ3) is 2.86. The molecule has 1 N–H and O–H groups in total. The van der Waals surface area contributed by atoms with Crippen LogP contribution < -0.4 is 10.2 Å². The number of carbonyl (C=O) groups is 2. The van der Waals surface area contributed by atoms with Crippen molar-refractivity contribution in [3.05, 3.63) is 26.8 Å². The molecule has 0 aliphatic carbocycles. The molecule has 0 bridgehead atoms. The fraction of sp³-hybridized carbons (Fsp3) is 0.385. The summed E-state index contributed by atoms with van der Waals surface area (Å²) >= 11 is 8.06. The van der Waals surface area contributed by atoms with Gasteiger partial charge in [0.2, 0.25) is 11.8 Å². The van der Waals surface area contributed by atoms with Gasteiger partial charge in [0.05, 0.1) is 12.2 Å². The smallest absolute Gasteiger partial charge is 0.247 e. The van der Waals surface area contributed by atoms with E-state index in [1.165, 1.54) is 0 Å². The van der Waals surface area contributed by atoms with Crippen LogP contribution in [0.15, 0.2) is 18.2 Å². The number of halogens is 2. The first-order valence-electron chi connectivity index (χ1n) is 5.96. The van der Waals surface area contributed by atoms with Gasteiger partial charge in [-0.15, -0.1) is 0 Å². The molecule has 102 valence electrons. The number of hydrogen-bond acceptors (Lipinski definition) is 2. The van der Waals surface area contributed by atoms with Crippen LogP contribution in [0.1, 0.15) is 13.8 Å². The van der Waals surface area contributed by atoms with E-state index >= 15 is 0 Å². The number of nitrogens with one attached hydrogen (secondary N) is 1. The van der Waals surface area contributed by atoms with Gasteiger partial charge in [-0.05, 0) is 46.7 Å². The highest BCUT2D eigenvalue weighted by molar-refractivity contribution is 14.1. The fourth-order valence-electron chi connectivity index (χ4n) is 2.19. The summed E-state index contributed by atoms with van der Waals surface area (Å²) in [5, 5.41) is 3.25. The molecular weight excluding hydrogens is 379 g/mol. The normalized spacial score (nSPS) is 19.8. The van der Waals surface area contributed by atoms with Gasteiger partial charge in [0.25, 0.3) is 0 Å². The second kappa shape index (κ2) is 5.66. The molecule has 1 unspecified atom stereocenters. The third-order valence-electron chi connectivity index (χ3n) is 3.03. The number of piperazine rings is 1. The summed E-state index contributed by atoms with van der Waals surface area (Å²) in [5.41, 5.74) is 0.739. The summed E-state index contributed by atoms with van der Waals surface area (Å²) in [6, 6.07) is 4.83. The molecule has 1 aliphatic rings. The zero-order chi connectivity index (χ0) is 14.2. The number of rotatable bonds is 2.